The first-order chi connectivity index (χ1) is 16.5. The molecule has 1 saturated heterocycles. The van der Waals surface area contributed by atoms with Crippen molar-refractivity contribution in [3.05, 3.63) is 71.3 Å². The molecule has 0 saturated carbocycles. The monoisotopic (exact) mass is 482 g/mol. The lowest BCUT2D eigenvalue weighted by molar-refractivity contribution is -0.165. The van der Waals surface area contributed by atoms with Gasteiger partial charge in [0, 0.05) is 18.7 Å². The molecule has 2 aliphatic heterocycles. The molecule has 0 aromatic heterocycles. The van der Waals surface area contributed by atoms with Gasteiger partial charge in [0.2, 0.25) is 6.10 Å². The number of carbonyl (C=O) groups is 4. The lowest BCUT2D eigenvalue weighted by atomic mass is 10.1. The highest BCUT2D eigenvalue weighted by atomic mass is 32.2. The maximum absolute atomic E-state index is 13.5. The van der Waals surface area contributed by atoms with E-state index in [-0.39, 0.29) is 23.5 Å². The molecule has 0 unspecified atom stereocenters. The lowest BCUT2D eigenvalue weighted by Crippen LogP contribution is -2.48. The Balaban J connectivity index is 1.61. The average Bonchev–Trinajstić information content (AvgIpc) is 3.13. The summed E-state index contributed by atoms with van der Waals surface area (Å²) in [6, 6.07) is 14.1. The maximum Gasteiger partial charge on any atom is 0.330 e. The molecule has 0 bridgehead atoms. The molecular formula is C25H26N2O6S. The molecule has 0 radical (unpaired) electrons. The Morgan fingerprint density at radius 1 is 0.971 bits per heavy atom. The van der Waals surface area contributed by atoms with Crippen LogP contribution < -0.4 is 0 Å². The van der Waals surface area contributed by atoms with Gasteiger partial charge in [-0.25, -0.2) is 4.79 Å². The van der Waals surface area contributed by atoms with Crippen LogP contribution in [0.15, 0.2) is 54.6 Å². The van der Waals surface area contributed by atoms with Crippen molar-refractivity contribution >= 4 is 35.5 Å². The molecule has 9 heteroatoms. The van der Waals surface area contributed by atoms with E-state index in [1.54, 1.807) is 53.4 Å². The van der Waals surface area contributed by atoms with Gasteiger partial charge in [0.1, 0.15) is 6.04 Å². The van der Waals surface area contributed by atoms with E-state index < -0.39 is 29.9 Å². The van der Waals surface area contributed by atoms with Gasteiger partial charge in [-0.2, -0.15) is 11.8 Å². The first kappa shape index (κ1) is 24.0. The van der Waals surface area contributed by atoms with Gasteiger partial charge in [-0.05, 0) is 30.6 Å². The predicted octanol–water partition coefficient (Wildman–Crippen LogP) is 2.55. The normalized spacial score (nSPS) is 17.3. The zero-order valence-electron chi connectivity index (χ0n) is 18.8. The Bertz CT molecular complexity index is 1040. The molecular weight excluding hydrogens is 456 g/mol. The van der Waals surface area contributed by atoms with Crippen LogP contribution in [0.5, 0.6) is 0 Å². The quantitative estimate of drug-likeness (QED) is 0.422. The summed E-state index contributed by atoms with van der Waals surface area (Å²) in [6.07, 6.45) is 0.914. The van der Waals surface area contributed by atoms with Gasteiger partial charge >= 0.3 is 5.97 Å². The van der Waals surface area contributed by atoms with Gasteiger partial charge in [0.05, 0.1) is 24.3 Å². The summed E-state index contributed by atoms with van der Waals surface area (Å²) in [6.45, 7) is 1.61. The van der Waals surface area contributed by atoms with Crippen molar-refractivity contribution in [2.45, 2.75) is 18.6 Å². The van der Waals surface area contributed by atoms with Crippen LogP contribution in [0.1, 0.15) is 38.8 Å². The smallest absolute Gasteiger partial charge is 0.330 e. The van der Waals surface area contributed by atoms with E-state index in [2.05, 4.69) is 0 Å². The van der Waals surface area contributed by atoms with Crippen molar-refractivity contribution in [2.75, 3.05) is 38.3 Å². The molecule has 2 heterocycles. The van der Waals surface area contributed by atoms with Gasteiger partial charge in [-0.15, -0.1) is 0 Å². The summed E-state index contributed by atoms with van der Waals surface area (Å²) in [4.78, 5) is 55.5. The molecule has 0 aliphatic carbocycles. The zero-order valence-corrected chi connectivity index (χ0v) is 19.7. The number of benzene rings is 2. The third-order valence-electron chi connectivity index (χ3n) is 5.89. The summed E-state index contributed by atoms with van der Waals surface area (Å²) >= 11 is 1.49. The van der Waals surface area contributed by atoms with E-state index in [4.69, 9.17) is 9.47 Å². The highest BCUT2D eigenvalue weighted by molar-refractivity contribution is 7.98. The summed E-state index contributed by atoms with van der Waals surface area (Å²) < 4.78 is 11.1. The fourth-order valence-corrected chi connectivity index (χ4v) is 4.56. The molecule has 1 fully saturated rings. The second-order valence-corrected chi connectivity index (χ2v) is 8.97. The van der Waals surface area contributed by atoms with Gasteiger partial charge in [0.15, 0.2) is 0 Å². The van der Waals surface area contributed by atoms with E-state index >= 15 is 0 Å². The third-order valence-corrected chi connectivity index (χ3v) is 6.53. The van der Waals surface area contributed by atoms with Crippen LogP contribution in [-0.4, -0.2) is 77.8 Å². The van der Waals surface area contributed by atoms with Gasteiger partial charge in [-0.3, -0.25) is 19.3 Å². The second-order valence-electron chi connectivity index (χ2n) is 7.99. The van der Waals surface area contributed by atoms with Gasteiger partial charge < -0.3 is 14.4 Å². The maximum atomic E-state index is 13.5. The molecule has 8 nitrogen and oxygen atoms in total. The van der Waals surface area contributed by atoms with E-state index in [1.165, 1.54) is 11.8 Å². The van der Waals surface area contributed by atoms with Crippen molar-refractivity contribution in [3.8, 4) is 0 Å². The van der Waals surface area contributed by atoms with Crippen LogP contribution in [0.25, 0.3) is 0 Å². The van der Waals surface area contributed by atoms with E-state index in [0.29, 0.717) is 37.6 Å². The summed E-state index contributed by atoms with van der Waals surface area (Å²) in [5.41, 5.74) is 1.05. The number of carbonyl (C=O) groups excluding carboxylic acids is 4. The molecule has 2 aromatic rings. The number of rotatable bonds is 8. The highest BCUT2D eigenvalue weighted by Gasteiger charge is 2.44. The van der Waals surface area contributed by atoms with Crippen LogP contribution in [-0.2, 0) is 19.1 Å². The Morgan fingerprint density at radius 3 is 2.15 bits per heavy atom. The number of morpholine rings is 1. The van der Waals surface area contributed by atoms with Crippen molar-refractivity contribution < 1.29 is 28.7 Å². The number of fused-ring (bicyclic) bond motifs is 1. The van der Waals surface area contributed by atoms with E-state index in [9.17, 15) is 19.2 Å². The molecule has 0 spiro atoms. The van der Waals surface area contributed by atoms with E-state index in [1.807, 2.05) is 12.3 Å². The van der Waals surface area contributed by atoms with Crippen LogP contribution in [0.2, 0.25) is 0 Å². The highest BCUT2D eigenvalue weighted by Crippen LogP contribution is 2.29. The van der Waals surface area contributed by atoms with Crippen LogP contribution in [0.4, 0.5) is 0 Å². The van der Waals surface area contributed by atoms with Crippen LogP contribution >= 0.6 is 11.8 Å². The SMILES string of the molecule is CSCC[C@H](C(=O)O[C@H](C(=O)N1CCOCC1)c1ccccc1)N1C(=O)c2ccccc2C1=O. The molecule has 0 N–H and O–H groups in total. The number of nitrogens with zero attached hydrogens (tertiary/aromatic N) is 2. The Labute approximate surface area is 202 Å². The second kappa shape index (κ2) is 10.8. The molecule has 178 valence electrons. The Hall–Kier alpha value is -3.17. The fraction of sp³-hybridized carbons (Fsp3) is 0.360. The van der Waals surface area contributed by atoms with Crippen molar-refractivity contribution in [2.24, 2.45) is 0 Å². The summed E-state index contributed by atoms with van der Waals surface area (Å²) in [5.74, 6) is -1.66. The minimum Gasteiger partial charge on any atom is -0.446 e. The van der Waals surface area contributed by atoms with Crippen molar-refractivity contribution in [3.63, 3.8) is 0 Å². The van der Waals surface area contributed by atoms with Crippen molar-refractivity contribution in [1.29, 1.82) is 0 Å². The molecule has 4 rings (SSSR count). The predicted molar refractivity (Wildman–Crippen MR) is 126 cm³/mol. The van der Waals surface area contributed by atoms with Gasteiger partial charge in [-0.1, -0.05) is 42.5 Å². The summed E-state index contributed by atoms with van der Waals surface area (Å²) in [5, 5.41) is 0. The lowest BCUT2D eigenvalue weighted by Gasteiger charge is -2.32. The number of thioether (sulfide) groups is 1. The number of amides is 3. The summed E-state index contributed by atoms with van der Waals surface area (Å²) in [7, 11) is 0. The first-order valence-electron chi connectivity index (χ1n) is 11.1. The third kappa shape index (κ3) is 4.85. The molecule has 2 atom stereocenters. The topological polar surface area (TPSA) is 93.2 Å². The molecule has 2 aliphatic rings. The number of esters is 1. The van der Waals surface area contributed by atoms with Crippen molar-refractivity contribution in [1.82, 2.24) is 9.80 Å². The number of imide groups is 1. The molecule has 2 aromatic carbocycles. The number of hydrogen-bond donors (Lipinski definition) is 0. The molecule has 34 heavy (non-hydrogen) atoms. The average molecular weight is 483 g/mol. The number of hydrogen-bond acceptors (Lipinski definition) is 7. The van der Waals surface area contributed by atoms with Crippen LogP contribution in [0.3, 0.4) is 0 Å². The largest absolute Gasteiger partial charge is 0.446 e. The van der Waals surface area contributed by atoms with Crippen LogP contribution in [0, 0.1) is 0 Å². The fourth-order valence-electron chi connectivity index (χ4n) is 4.11. The molecule has 3 amide bonds. The zero-order chi connectivity index (χ0) is 24.1. The first-order valence-corrected chi connectivity index (χ1v) is 12.5. The Kier molecular flexibility index (Phi) is 7.64. The standard InChI is InChI=1S/C25H26N2O6S/c1-34-16-11-20(27-22(28)18-9-5-6-10-19(18)23(27)29)25(31)33-21(17-7-3-2-4-8-17)24(30)26-12-14-32-15-13-26/h2-10,20-21H,11-16H2,1H3/t20-,21+/m1/s1. The minimum atomic E-state index is -1.18. The Morgan fingerprint density at radius 2 is 1.56 bits per heavy atom. The van der Waals surface area contributed by atoms with E-state index in [0.717, 1.165) is 4.90 Å². The van der Waals surface area contributed by atoms with Gasteiger partial charge in [0.25, 0.3) is 17.7 Å². The number of ether oxygens (including phenoxy) is 2. The minimum absolute atomic E-state index is 0.221.